The van der Waals surface area contributed by atoms with Crippen LogP contribution in [0.3, 0.4) is 0 Å². The van der Waals surface area contributed by atoms with Gasteiger partial charge in [-0.3, -0.25) is 0 Å². The summed E-state index contributed by atoms with van der Waals surface area (Å²) in [6.45, 7) is 0. The van der Waals surface area contributed by atoms with Crippen LogP contribution in [0.15, 0.2) is 109 Å². The lowest BCUT2D eigenvalue weighted by Crippen LogP contribution is -1.84. The van der Waals surface area contributed by atoms with E-state index >= 15 is 0 Å². The Morgan fingerprint density at radius 1 is 0.367 bits per heavy atom. The zero-order valence-electron chi connectivity index (χ0n) is 16.7. The molecule has 0 aromatic heterocycles. The minimum atomic E-state index is 1.02. The standard InChI is InChI=1S/C30H22/c1-3-11-25(12-4-1)19-21-27-15-7-9-17-29(27)23-24-30-18-10-8-16-28(30)22-20-26-13-5-2-6-14-26/h1-22H/b21-19+,22-20+. The van der Waals surface area contributed by atoms with Gasteiger partial charge in [-0.15, -0.1) is 0 Å². The predicted molar refractivity (Wildman–Crippen MR) is 130 cm³/mol. The summed E-state index contributed by atoms with van der Waals surface area (Å²) < 4.78 is 0. The topological polar surface area (TPSA) is 0 Å². The Hall–Kier alpha value is -4.08. The van der Waals surface area contributed by atoms with Crippen LogP contribution in [0, 0.1) is 11.8 Å². The van der Waals surface area contributed by atoms with E-state index in [1.54, 1.807) is 0 Å². The molecule has 0 unspecified atom stereocenters. The summed E-state index contributed by atoms with van der Waals surface area (Å²) in [7, 11) is 0. The number of benzene rings is 4. The second-order valence-corrected chi connectivity index (χ2v) is 6.91. The molecule has 0 heterocycles. The molecule has 0 amide bonds. The van der Waals surface area contributed by atoms with Gasteiger partial charge in [0.05, 0.1) is 0 Å². The Kier molecular flexibility index (Phi) is 6.36. The summed E-state index contributed by atoms with van der Waals surface area (Å²) in [6, 6.07) is 37.1. The summed E-state index contributed by atoms with van der Waals surface area (Å²) in [4.78, 5) is 0. The normalized spacial score (nSPS) is 10.8. The molecule has 0 nitrogen and oxygen atoms in total. The smallest absolute Gasteiger partial charge is 0.0321 e. The highest BCUT2D eigenvalue weighted by Gasteiger charge is 1.97. The second-order valence-electron chi connectivity index (χ2n) is 6.91. The lowest BCUT2D eigenvalue weighted by molar-refractivity contribution is 1.58. The highest BCUT2D eigenvalue weighted by Crippen LogP contribution is 2.15. The average molecular weight is 383 g/mol. The van der Waals surface area contributed by atoms with E-state index in [-0.39, 0.29) is 0 Å². The van der Waals surface area contributed by atoms with Crippen molar-refractivity contribution in [2.24, 2.45) is 0 Å². The first-order chi connectivity index (χ1) is 14.9. The summed E-state index contributed by atoms with van der Waals surface area (Å²) in [5.41, 5.74) is 6.63. The van der Waals surface area contributed by atoms with Crippen molar-refractivity contribution in [2.45, 2.75) is 0 Å². The minimum absolute atomic E-state index is 1.02. The maximum Gasteiger partial charge on any atom is 0.0321 e. The molecule has 0 heteroatoms. The molecule has 30 heavy (non-hydrogen) atoms. The van der Waals surface area contributed by atoms with Crippen LogP contribution < -0.4 is 0 Å². The highest BCUT2D eigenvalue weighted by molar-refractivity contribution is 5.75. The molecule has 4 aromatic rings. The summed E-state index contributed by atoms with van der Waals surface area (Å²) in [5, 5.41) is 0. The maximum atomic E-state index is 3.37. The molecule has 0 saturated heterocycles. The Morgan fingerprint density at radius 3 is 1.17 bits per heavy atom. The van der Waals surface area contributed by atoms with Crippen molar-refractivity contribution in [3.63, 3.8) is 0 Å². The number of rotatable bonds is 4. The molecule has 142 valence electrons. The van der Waals surface area contributed by atoms with E-state index < -0.39 is 0 Å². The summed E-state index contributed by atoms with van der Waals surface area (Å²) >= 11 is 0. The van der Waals surface area contributed by atoms with Gasteiger partial charge in [-0.1, -0.05) is 133 Å². The van der Waals surface area contributed by atoms with E-state index in [2.05, 4.69) is 84.7 Å². The Bertz CT molecular complexity index is 1120. The van der Waals surface area contributed by atoms with Gasteiger partial charge in [0.1, 0.15) is 0 Å². The van der Waals surface area contributed by atoms with Gasteiger partial charge in [-0.05, 0) is 34.4 Å². The van der Waals surface area contributed by atoms with Crippen LogP contribution in [0.1, 0.15) is 33.4 Å². The van der Waals surface area contributed by atoms with Gasteiger partial charge in [-0.25, -0.2) is 0 Å². The maximum absolute atomic E-state index is 3.37. The molecule has 4 rings (SSSR count). The van der Waals surface area contributed by atoms with Crippen molar-refractivity contribution < 1.29 is 0 Å². The molecule has 0 spiro atoms. The fraction of sp³-hybridized carbons (Fsp3) is 0. The lowest BCUT2D eigenvalue weighted by atomic mass is 10.0. The van der Waals surface area contributed by atoms with Crippen LogP contribution in [-0.4, -0.2) is 0 Å². The van der Waals surface area contributed by atoms with E-state index in [0.717, 1.165) is 22.3 Å². The SMILES string of the molecule is C(#Cc1ccccc1/C=C/c1ccccc1)c1ccccc1/C=C/c1ccccc1. The molecule has 4 aromatic carbocycles. The summed E-state index contributed by atoms with van der Waals surface area (Å²) in [6.07, 6.45) is 8.50. The van der Waals surface area contributed by atoms with Gasteiger partial charge in [-0.2, -0.15) is 0 Å². The molecule has 0 aliphatic carbocycles. The molecule has 0 N–H and O–H groups in total. The quantitative estimate of drug-likeness (QED) is 0.254. The number of hydrogen-bond acceptors (Lipinski definition) is 0. The van der Waals surface area contributed by atoms with Gasteiger partial charge in [0.2, 0.25) is 0 Å². The van der Waals surface area contributed by atoms with Crippen molar-refractivity contribution >= 4 is 24.3 Å². The van der Waals surface area contributed by atoms with Crippen molar-refractivity contribution in [3.05, 3.63) is 143 Å². The number of hydrogen-bond donors (Lipinski definition) is 0. The Labute approximate surface area is 178 Å². The third-order valence-corrected chi connectivity index (χ3v) is 4.76. The van der Waals surface area contributed by atoms with Gasteiger partial charge >= 0.3 is 0 Å². The first-order valence-corrected chi connectivity index (χ1v) is 10.0. The van der Waals surface area contributed by atoms with Gasteiger partial charge in [0.15, 0.2) is 0 Å². The van der Waals surface area contributed by atoms with Gasteiger partial charge < -0.3 is 0 Å². The molecule has 0 aliphatic rings. The molecule has 0 bridgehead atoms. The third kappa shape index (κ3) is 5.25. The van der Waals surface area contributed by atoms with Crippen molar-refractivity contribution in [1.82, 2.24) is 0 Å². The largest absolute Gasteiger partial charge is 0.0622 e. The van der Waals surface area contributed by atoms with Crippen molar-refractivity contribution in [1.29, 1.82) is 0 Å². The molecule has 0 saturated carbocycles. The minimum Gasteiger partial charge on any atom is -0.0622 e. The fourth-order valence-corrected chi connectivity index (χ4v) is 3.15. The fourth-order valence-electron chi connectivity index (χ4n) is 3.15. The zero-order chi connectivity index (χ0) is 20.4. The molecule has 0 aliphatic heterocycles. The Morgan fingerprint density at radius 2 is 0.733 bits per heavy atom. The van der Waals surface area contributed by atoms with Crippen LogP contribution in [0.25, 0.3) is 24.3 Å². The summed E-state index contributed by atoms with van der Waals surface area (Å²) in [5.74, 6) is 6.74. The van der Waals surface area contributed by atoms with E-state index in [0.29, 0.717) is 0 Å². The average Bonchev–Trinajstić information content (AvgIpc) is 2.82. The molecular formula is C30H22. The van der Waals surface area contributed by atoms with Crippen molar-refractivity contribution in [2.75, 3.05) is 0 Å². The van der Waals surface area contributed by atoms with Gasteiger partial charge in [0.25, 0.3) is 0 Å². The monoisotopic (exact) mass is 382 g/mol. The van der Waals surface area contributed by atoms with Crippen LogP contribution in [0.5, 0.6) is 0 Å². The molecule has 0 fully saturated rings. The highest BCUT2D eigenvalue weighted by atomic mass is 14.0. The molecule has 0 radical (unpaired) electrons. The molecular weight excluding hydrogens is 360 g/mol. The van der Waals surface area contributed by atoms with Crippen molar-refractivity contribution in [3.8, 4) is 11.8 Å². The van der Waals surface area contributed by atoms with Crippen LogP contribution in [-0.2, 0) is 0 Å². The Balaban J connectivity index is 1.61. The van der Waals surface area contributed by atoms with E-state index in [1.165, 1.54) is 11.1 Å². The third-order valence-electron chi connectivity index (χ3n) is 4.76. The zero-order valence-corrected chi connectivity index (χ0v) is 16.7. The second kappa shape index (κ2) is 9.92. The predicted octanol–water partition coefficient (Wildman–Crippen LogP) is 7.43. The van der Waals surface area contributed by atoms with Crippen LogP contribution in [0.2, 0.25) is 0 Å². The first kappa shape index (κ1) is 19.2. The lowest BCUT2D eigenvalue weighted by Gasteiger charge is -2.00. The van der Waals surface area contributed by atoms with Crippen LogP contribution >= 0.6 is 0 Å². The van der Waals surface area contributed by atoms with Gasteiger partial charge in [0, 0.05) is 11.1 Å². The van der Waals surface area contributed by atoms with Crippen LogP contribution in [0.4, 0.5) is 0 Å². The molecule has 0 atom stereocenters. The first-order valence-electron chi connectivity index (χ1n) is 10.0. The van der Waals surface area contributed by atoms with E-state index in [4.69, 9.17) is 0 Å². The van der Waals surface area contributed by atoms with E-state index in [1.807, 2.05) is 60.7 Å². The van der Waals surface area contributed by atoms with E-state index in [9.17, 15) is 0 Å².